The summed E-state index contributed by atoms with van der Waals surface area (Å²) in [6.07, 6.45) is 4.48. The highest BCUT2D eigenvalue weighted by atomic mass is 16.6. The number of hydrogen-bond acceptors (Lipinski definition) is 3. The highest BCUT2D eigenvalue weighted by Crippen LogP contribution is 2.04. The topological polar surface area (TPSA) is 64.4 Å². The van der Waals surface area contributed by atoms with E-state index >= 15 is 0 Å². The molecule has 3 N–H and O–H groups in total. The van der Waals surface area contributed by atoms with E-state index in [0.29, 0.717) is 0 Å². The fourth-order valence-corrected chi connectivity index (χ4v) is 0.823. The van der Waals surface area contributed by atoms with Gasteiger partial charge in [-0.2, -0.15) is 0 Å². The summed E-state index contributed by atoms with van der Waals surface area (Å²) in [6.45, 7) is 0. The van der Waals surface area contributed by atoms with Crippen LogP contribution >= 0.6 is 0 Å². The lowest BCUT2D eigenvalue weighted by molar-refractivity contribution is 0.0868. The summed E-state index contributed by atoms with van der Waals surface area (Å²) < 4.78 is 4.67. The highest BCUT2D eigenvalue weighted by molar-refractivity contribution is 5.64. The highest BCUT2D eigenvalue weighted by Gasteiger charge is 2.10. The summed E-state index contributed by atoms with van der Waals surface area (Å²) in [5.41, 5.74) is 4.80. The van der Waals surface area contributed by atoms with Gasteiger partial charge in [0.2, 0.25) is 0 Å². The van der Waals surface area contributed by atoms with E-state index in [9.17, 15) is 4.79 Å². The molecule has 1 heterocycles. The van der Waals surface area contributed by atoms with Crippen molar-refractivity contribution in [2.75, 3.05) is 0 Å². The largest absolute Gasteiger partial charge is 0.426 e. The van der Waals surface area contributed by atoms with Gasteiger partial charge in [0, 0.05) is 6.42 Å². The Morgan fingerprint density at radius 3 is 3.10 bits per heavy atom. The Morgan fingerprint density at radius 2 is 2.60 bits per heavy atom. The van der Waals surface area contributed by atoms with E-state index in [1.54, 1.807) is 6.20 Å². The van der Waals surface area contributed by atoms with Crippen molar-refractivity contribution in [2.45, 2.75) is 19.1 Å². The number of carbonyl (C=O) groups excluding carboxylic acids is 1. The lowest BCUT2D eigenvalue weighted by Gasteiger charge is -2.18. The molecule has 0 fully saturated rings. The molecule has 0 saturated carbocycles. The summed E-state index contributed by atoms with van der Waals surface area (Å²) in [4.78, 5) is 10.2. The van der Waals surface area contributed by atoms with Gasteiger partial charge in [-0.1, -0.05) is 6.08 Å². The maximum atomic E-state index is 10.2. The van der Waals surface area contributed by atoms with E-state index in [1.807, 2.05) is 6.08 Å². The molecule has 56 valence electrons. The molecule has 0 spiro atoms. The van der Waals surface area contributed by atoms with Gasteiger partial charge in [0.1, 0.15) is 0 Å². The van der Waals surface area contributed by atoms with Gasteiger partial charge in [-0.3, -0.25) is 0 Å². The molecule has 1 aliphatic heterocycles. The monoisotopic (exact) mass is 142 g/mol. The van der Waals surface area contributed by atoms with Crippen LogP contribution in [-0.2, 0) is 4.74 Å². The molecule has 0 radical (unpaired) electrons. The molecule has 0 aromatic heterocycles. The molecule has 1 unspecified atom stereocenters. The van der Waals surface area contributed by atoms with Crippen LogP contribution in [0.5, 0.6) is 0 Å². The smallest absolute Gasteiger partial charge is 0.406 e. The standard InChI is InChI=1S/C6H10N2O2/c7-6(9)10-5-3-1-2-4-8-5/h2,4-5,8H,1,3H2,(H2,7,9). The van der Waals surface area contributed by atoms with Crippen LogP contribution in [0.1, 0.15) is 12.8 Å². The van der Waals surface area contributed by atoms with Crippen molar-refractivity contribution in [3.63, 3.8) is 0 Å². The molecule has 1 aliphatic rings. The van der Waals surface area contributed by atoms with E-state index in [0.717, 1.165) is 12.8 Å². The third-order valence-electron chi connectivity index (χ3n) is 1.25. The van der Waals surface area contributed by atoms with E-state index in [1.165, 1.54) is 0 Å². The first-order valence-corrected chi connectivity index (χ1v) is 3.16. The summed E-state index contributed by atoms with van der Waals surface area (Å²) in [6, 6.07) is 0. The minimum absolute atomic E-state index is 0.234. The molecule has 1 rings (SSSR count). The van der Waals surface area contributed by atoms with Crippen molar-refractivity contribution in [3.8, 4) is 0 Å². The van der Waals surface area contributed by atoms with Gasteiger partial charge in [-0.25, -0.2) is 4.79 Å². The first-order valence-electron chi connectivity index (χ1n) is 3.16. The number of ether oxygens (including phenoxy) is 1. The number of amides is 1. The van der Waals surface area contributed by atoms with Crippen LogP contribution in [0.4, 0.5) is 4.79 Å². The molecule has 0 aromatic carbocycles. The average Bonchev–Trinajstić information content (AvgIpc) is 1.88. The number of rotatable bonds is 1. The first kappa shape index (κ1) is 6.92. The SMILES string of the molecule is NC(=O)OC1CCC=CN1. The lowest BCUT2D eigenvalue weighted by atomic mass is 10.2. The maximum Gasteiger partial charge on any atom is 0.406 e. The summed E-state index contributed by atoms with van der Waals surface area (Å²) >= 11 is 0. The van der Waals surface area contributed by atoms with Crippen LogP contribution in [0.2, 0.25) is 0 Å². The first-order chi connectivity index (χ1) is 4.79. The second kappa shape index (κ2) is 3.10. The van der Waals surface area contributed by atoms with E-state index < -0.39 is 6.09 Å². The van der Waals surface area contributed by atoms with Gasteiger partial charge >= 0.3 is 6.09 Å². The maximum absolute atomic E-state index is 10.2. The van der Waals surface area contributed by atoms with Gasteiger partial charge in [0.15, 0.2) is 6.23 Å². The molecule has 0 aromatic rings. The zero-order chi connectivity index (χ0) is 7.40. The molecule has 10 heavy (non-hydrogen) atoms. The number of nitrogens with one attached hydrogen (secondary N) is 1. The number of hydrogen-bond donors (Lipinski definition) is 2. The van der Waals surface area contributed by atoms with Crippen LogP contribution in [0.25, 0.3) is 0 Å². The molecule has 1 amide bonds. The Morgan fingerprint density at radius 1 is 1.80 bits per heavy atom. The number of primary amides is 1. The Hall–Kier alpha value is -1.19. The summed E-state index contributed by atoms with van der Waals surface area (Å²) in [7, 11) is 0. The normalized spacial score (nSPS) is 23.4. The number of carbonyl (C=O) groups is 1. The molecular formula is C6H10N2O2. The molecular weight excluding hydrogens is 132 g/mol. The van der Waals surface area contributed by atoms with Crippen molar-refractivity contribution in [1.82, 2.24) is 5.32 Å². The zero-order valence-corrected chi connectivity index (χ0v) is 5.54. The van der Waals surface area contributed by atoms with Crippen molar-refractivity contribution in [3.05, 3.63) is 12.3 Å². The quantitative estimate of drug-likeness (QED) is 0.553. The van der Waals surface area contributed by atoms with Gasteiger partial charge in [-0.05, 0) is 12.6 Å². The van der Waals surface area contributed by atoms with Crippen LogP contribution < -0.4 is 11.1 Å². The van der Waals surface area contributed by atoms with Crippen molar-refractivity contribution < 1.29 is 9.53 Å². The van der Waals surface area contributed by atoms with E-state index in [-0.39, 0.29) is 6.23 Å². The summed E-state index contributed by atoms with van der Waals surface area (Å²) in [5, 5.41) is 2.85. The molecule has 0 saturated heterocycles. The summed E-state index contributed by atoms with van der Waals surface area (Å²) in [5.74, 6) is 0. The third kappa shape index (κ3) is 1.97. The van der Waals surface area contributed by atoms with Crippen LogP contribution in [0.15, 0.2) is 12.3 Å². The van der Waals surface area contributed by atoms with Gasteiger partial charge in [0.25, 0.3) is 0 Å². The number of allylic oxidation sites excluding steroid dienone is 1. The van der Waals surface area contributed by atoms with Crippen molar-refractivity contribution in [1.29, 1.82) is 0 Å². The van der Waals surface area contributed by atoms with E-state index in [4.69, 9.17) is 5.73 Å². The average molecular weight is 142 g/mol. The molecule has 4 nitrogen and oxygen atoms in total. The minimum Gasteiger partial charge on any atom is -0.426 e. The van der Waals surface area contributed by atoms with Crippen LogP contribution in [0, 0.1) is 0 Å². The predicted molar refractivity (Wildman–Crippen MR) is 36.0 cm³/mol. The van der Waals surface area contributed by atoms with Crippen LogP contribution in [0.3, 0.4) is 0 Å². The lowest BCUT2D eigenvalue weighted by Crippen LogP contribution is -2.33. The van der Waals surface area contributed by atoms with Gasteiger partial charge in [-0.15, -0.1) is 0 Å². The second-order valence-corrected chi connectivity index (χ2v) is 2.07. The predicted octanol–water partition coefficient (Wildman–Crippen LogP) is 0.305. The molecule has 4 heteroatoms. The van der Waals surface area contributed by atoms with Crippen molar-refractivity contribution in [2.24, 2.45) is 5.73 Å². The van der Waals surface area contributed by atoms with Gasteiger partial charge < -0.3 is 15.8 Å². The zero-order valence-electron chi connectivity index (χ0n) is 5.54. The number of nitrogens with two attached hydrogens (primary N) is 1. The van der Waals surface area contributed by atoms with Crippen LogP contribution in [-0.4, -0.2) is 12.3 Å². The Labute approximate surface area is 59.0 Å². The third-order valence-corrected chi connectivity index (χ3v) is 1.25. The van der Waals surface area contributed by atoms with Gasteiger partial charge in [0.05, 0.1) is 0 Å². The fourth-order valence-electron chi connectivity index (χ4n) is 0.823. The second-order valence-electron chi connectivity index (χ2n) is 2.07. The van der Waals surface area contributed by atoms with E-state index in [2.05, 4.69) is 10.1 Å². The Balaban J connectivity index is 2.28. The Bertz CT molecular complexity index is 156. The van der Waals surface area contributed by atoms with Crippen molar-refractivity contribution >= 4 is 6.09 Å². The minimum atomic E-state index is -0.729. The molecule has 1 atom stereocenters. The Kier molecular flexibility index (Phi) is 2.15. The molecule has 0 aliphatic carbocycles. The fraction of sp³-hybridized carbons (Fsp3) is 0.500. The molecule has 0 bridgehead atoms.